The number of hydrogen-bond donors (Lipinski definition) is 1. The van der Waals surface area contributed by atoms with Crippen molar-refractivity contribution in [3.63, 3.8) is 0 Å². The number of hydrogen-bond acceptors (Lipinski definition) is 5. The van der Waals surface area contributed by atoms with Crippen LogP contribution in [0.25, 0.3) is 5.69 Å². The Kier molecular flexibility index (Phi) is 4.27. The summed E-state index contributed by atoms with van der Waals surface area (Å²) in [7, 11) is 0. The van der Waals surface area contributed by atoms with Crippen LogP contribution in [0.2, 0.25) is 0 Å². The minimum absolute atomic E-state index is 0.0619. The molecule has 2 aromatic heterocycles. The summed E-state index contributed by atoms with van der Waals surface area (Å²) in [5, 5.41) is 19.3. The maximum Gasteiger partial charge on any atom is 0.406 e. The van der Waals surface area contributed by atoms with E-state index in [-0.39, 0.29) is 17.5 Å². The molecule has 0 bridgehead atoms. The van der Waals surface area contributed by atoms with E-state index in [9.17, 15) is 14.8 Å². The number of carbonyl (C=O) groups excluding carboxylic acids is 2. The molecule has 8 heteroatoms. The van der Waals surface area contributed by atoms with Crippen molar-refractivity contribution < 1.29 is 19.1 Å². The van der Waals surface area contributed by atoms with Crippen LogP contribution in [-0.2, 0) is 15.1 Å². The van der Waals surface area contributed by atoms with Crippen LogP contribution < -0.4 is 10.0 Å². The van der Waals surface area contributed by atoms with Crippen LogP contribution in [0.5, 0.6) is 0 Å². The Morgan fingerprint density at radius 1 is 1.17 bits per heavy atom. The number of benzene rings is 1. The fourth-order valence-corrected chi connectivity index (χ4v) is 4.40. The van der Waals surface area contributed by atoms with E-state index in [1.807, 2.05) is 30.3 Å². The number of anilines is 1. The van der Waals surface area contributed by atoms with E-state index >= 15 is 0 Å². The number of ether oxygens (including phenoxy) is 1. The number of nitrogens with zero attached hydrogens (tertiary/aromatic N) is 3. The Balaban J connectivity index is 1.26. The number of esters is 1. The van der Waals surface area contributed by atoms with Gasteiger partial charge in [-0.25, -0.2) is 9.48 Å². The Morgan fingerprint density at radius 2 is 1.93 bits per heavy atom. The highest BCUT2D eigenvalue weighted by Gasteiger charge is 2.52. The second kappa shape index (κ2) is 6.98. The molecule has 1 spiro atoms. The minimum Gasteiger partial charge on any atom is -0.618 e. The zero-order chi connectivity index (χ0) is 20.7. The Morgan fingerprint density at radius 3 is 2.70 bits per heavy atom. The van der Waals surface area contributed by atoms with Crippen molar-refractivity contribution in [3.8, 4) is 5.69 Å². The lowest BCUT2D eigenvalue weighted by Crippen LogP contribution is -2.37. The van der Waals surface area contributed by atoms with Gasteiger partial charge < -0.3 is 15.3 Å². The molecule has 3 heterocycles. The molecule has 152 valence electrons. The number of nitrogens with one attached hydrogen (secondary N) is 1. The van der Waals surface area contributed by atoms with E-state index in [1.165, 1.54) is 6.20 Å². The van der Waals surface area contributed by atoms with Gasteiger partial charge in [0.2, 0.25) is 5.91 Å². The second-order valence-electron chi connectivity index (χ2n) is 7.72. The van der Waals surface area contributed by atoms with E-state index < -0.39 is 11.6 Å². The van der Waals surface area contributed by atoms with Crippen LogP contribution in [0.3, 0.4) is 0 Å². The molecule has 3 aromatic rings. The van der Waals surface area contributed by atoms with E-state index in [1.54, 1.807) is 29.1 Å². The minimum atomic E-state index is -0.800. The maximum atomic E-state index is 12.8. The summed E-state index contributed by atoms with van der Waals surface area (Å²) in [4.78, 5) is 25.0. The predicted molar refractivity (Wildman–Crippen MR) is 107 cm³/mol. The summed E-state index contributed by atoms with van der Waals surface area (Å²) in [6, 6.07) is 14.8. The summed E-state index contributed by atoms with van der Waals surface area (Å²) >= 11 is 0. The lowest BCUT2D eigenvalue weighted by Gasteiger charge is -2.35. The first-order valence-electron chi connectivity index (χ1n) is 9.94. The molecular formula is C22H20N4O4. The number of aromatic nitrogens is 3. The summed E-state index contributed by atoms with van der Waals surface area (Å²) in [6.07, 6.45) is 5.23. The first-order valence-corrected chi connectivity index (χ1v) is 9.94. The highest BCUT2D eigenvalue weighted by Crippen LogP contribution is 2.47. The van der Waals surface area contributed by atoms with Crippen LogP contribution in [0.1, 0.15) is 41.7 Å². The summed E-state index contributed by atoms with van der Waals surface area (Å²) in [6.45, 7) is 0. The third kappa shape index (κ3) is 3.01. The van der Waals surface area contributed by atoms with Gasteiger partial charge in [0.25, 0.3) is 0 Å². The average Bonchev–Trinajstić information content (AvgIpc) is 3.33. The topological polar surface area (TPSA) is 100 Å². The van der Waals surface area contributed by atoms with Crippen LogP contribution >= 0.6 is 0 Å². The molecule has 1 N–H and O–H groups in total. The van der Waals surface area contributed by atoms with Crippen molar-refractivity contribution in [1.29, 1.82) is 0 Å². The van der Waals surface area contributed by atoms with Crippen molar-refractivity contribution in [2.24, 2.45) is 5.92 Å². The number of carbonyl (C=O) groups is 2. The number of para-hydroxylation sites is 1. The highest BCUT2D eigenvalue weighted by atomic mass is 16.6. The van der Waals surface area contributed by atoms with Gasteiger partial charge in [0.1, 0.15) is 5.60 Å². The van der Waals surface area contributed by atoms with Gasteiger partial charge in [-0.2, -0.15) is 9.83 Å². The monoisotopic (exact) mass is 404 g/mol. The third-order valence-corrected chi connectivity index (χ3v) is 5.96. The Bertz CT molecular complexity index is 1120. The Hall–Kier alpha value is -3.68. The van der Waals surface area contributed by atoms with Gasteiger partial charge in [-0.05, 0) is 43.9 Å². The molecule has 1 amide bonds. The third-order valence-electron chi connectivity index (χ3n) is 5.96. The molecule has 2 aliphatic rings. The largest absolute Gasteiger partial charge is 0.618 e. The first-order chi connectivity index (χ1) is 14.6. The number of amides is 1. The van der Waals surface area contributed by atoms with Crippen molar-refractivity contribution >= 4 is 17.7 Å². The SMILES string of the molecule is O=C1O[C@]2(CC[C@H](C(=O)Nc3ccn(-c4ccccc4)n3)CC2)c2ccc[n+]([O-])c21. The maximum absolute atomic E-state index is 12.8. The van der Waals surface area contributed by atoms with Crippen molar-refractivity contribution in [3.05, 3.63) is 77.4 Å². The summed E-state index contributed by atoms with van der Waals surface area (Å²) in [5.74, 6) is -0.396. The molecule has 1 saturated carbocycles. The molecule has 1 aliphatic carbocycles. The smallest absolute Gasteiger partial charge is 0.406 e. The predicted octanol–water partition coefficient (Wildman–Crippen LogP) is 2.70. The number of rotatable bonds is 3. The molecule has 0 saturated heterocycles. The molecule has 0 atom stereocenters. The summed E-state index contributed by atoms with van der Waals surface area (Å²) < 4.78 is 7.90. The van der Waals surface area contributed by atoms with E-state index in [0.29, 0.717) is 41.8 Å². The average molecular weight is 404 g/mol. The zero-order valence-electron chi connectivity index (χ0n) is 16.2. The molecule has 8 nitrogen and oxygen atoms in total. The van der Waals surface area contributed by atoms with Crippen LogP contribution in [0.4, 0.5) is 5.82 Å². The second-order valence-corrected chi connectivity index (χ2v) is 7.72. The first kappa shape index (κ1) is 18.4. The fourth-order valence-electron chi connectivity index (χ4n) is 4.40. The van der Waals surface area contributed by atoms with Gasteiger partial charge >= 0.3 is 11.7 Å². The molecule has 0 unspecified atom stereocenters. The van der Waals surface area contributed by atoms with E-state index in [4.69, 9.17) is 4.74 Å². The van der Waals surface area contributed by atoms with E-state index in [2.05, 4.69) is 10.4 Å². The van der Waals surface area contributed by atoms with Crippen molar-refractivity contribution in [1.82, 2.24) is 9.78 Å². The van der Waals surface area contributed by atoms with Crippen molar-refractivity contribution in [2.45, 2.75) is 31.3 Å². The molecule has 1 aliphatic heterocycles. The number of pyridine rings is 1. The molecule has 30 heavy (non-hydrogen) atoms. The fraction of sp³-hybridized carbons (Fsp3) is 0.273. The van der Waals surface area contributed by atoms with Crippen LogP contribution in [0, 0.1) is 11.1 Å². The molecule has 5 rings (SSSR count). The zero-order valence-corrected chi connectivity index (χ0v) is 16.2. The Labute approximate surface area is 172 Å². The van der Waals surface area contributed by atoms with Gasteiger partial charge in [-0.3, -0.25) is 4.79 Å². The van der Waals surface area contributed by atoms with Gasteiger partial charge in [0, 0.05) is 24.2 Å². The standard InChI is InChI=1S/C22H20N4O4/c27-20(23-18-10-14-25(24-18)16-5-2-1-3-6-16)15-8-11-22(12-9-15)17-7-4-13-26(29)19(17)21(28)30-22/h1-7,10,13-15H,8-9,11-12H2,(H,23,24,27)/t15-,22-. The van der Waals surface area contributed by atoms with E-state index in [0.717, 1.165) is 5.69 Å². The normalized spacial score (nSPS) is 22.5. The van der Waals surface area contributed by atoms with Crippen LogP contribution in [-0.4, -0.2) is 21.7 Å². The number of fused-ring (bicyclic) bond motifs is 2. The molecule has 1 aromatic carbocycles. The van der Waals surface area contributed by atoms with Gasteiger partial charge in [-0.15, -0.1) is 0 Å². The van der Waals surface area contributed by atoms with Crippen molar-refractivity contribution in [2.75, 3.05) is 5.32 Å². The summed E-state index contributed by atoms with van der Waals surface area (Å²) in [5.41, 5.74) is 0.804. The highest BCUT2D eigenvalue weighted by molar-refractivity contribution is 5.92. The molecule has 0 radical (unpaired) electrons. The van der Waals surface area contributed by atoms with Crippen LogP contribution in [0.15, 0.2) is 60.9 Å². The van der Waals surface area contributed by atoms with Gasteiger partial charge in [0.05, 0.1) is 11.3 Å². The van der Waals surface area contributed by atoms with Gasteiger partial charge in [-0.1, -0.05) is 18.2 Å². The van der Waals surface area contributed by atoms with Gasteiger partial charge in [0.15, 0.2) is 12.0 Å². The lowest BCUT2D eigenvalue weighted by atomic mass is 9.75. The molecular weight excluding hydrogens is 384 g/mol. The lowest BCUT2D eigenvalue weighted by molar-refractivity contribution is -0.608. The molecule has 1 fully saturated rings. The quantitative estimate of drug-likeness (QED) is 0.411.